The zero-order chi connectivity index (χ0) is 14.1. The molecule has 0 saturated heterocycles. The Morgan fingerprint density at radius 1 is 1.40 bits per heavy atom. The average molecular weight is 271 g/mol. The van der Waals surface area contributed by atoms with Crippen LogP contribution in [0.4, 0.5) is 15.9 Å². The third-order valence-electron chi connectivity index (χ3n) is 3.45. The molecule has 3 rings (SSSR count). The van der Waals surface area contributed by atoms with Gasteiger partial charge in [0.1, 0.15) is 11.6 Å². The predicted octanol–water partition coefficient (Wildman–Crippen LogP) is 2.47. The SMILES string of the molecule is CNc1ncc(F)cc1C(=O)N1CCc2ccccc21. The van der Waals surface area contributed by atoms with Crippen molar-refractivity contribution in [1.82, 2.24) is 4.98 Å². The molecule has 1 amide bonds. The van der Waals surface area contributed by atoms with Crippen molar-refractivity contribution in [3.05, 3.63) is 53.5 Å². The summed E-state index contributed by atoms with van der Waals surface area (Å²) in [5.41, 5.74) is 2.28. The quantitative estimate of drug-likeness (QED) is 0.912. The van der Waals surface area contributed by atoms with Crippen molar-refractivity contribution in [1.29, 1.82) is 0 Å². The number of fused-ring (bicyclic) bond motifs is 1. The highest BCUT2D eigenvalue weighted by Crippen LogP contribution is 2.29. The molecule has 1 N–H and O–H groups in total. The van der Waals surface area contributed by atoms with Crippen LogP contribution in [0.3, 0.4) is 0 Å². The maximum absolute atomic E-state index is 13.4. The molecule has 1 aromatic carbocycles. The number of anilines is 2. The van der Waals surface area contributed by atoms with Crippen LogP contribution in [0.15, 0.2) is 36.5 Å². The van der Waals surface area contributed by atoms with Gasteiger partial charge in [-0.1, -0.05) is 18.2 Å². The van der Waals surface area contributed by atoms with Gasteiger partial charge in [-0.2, -0.15) is 0 Å². The molecule has 5 heteroatoms. The zero-order valence-electron chi connectivity index (χ0n) is 11.1. The number of rotatable bonds is 2. The molecule has 1 aliphatic heterocycles. The predicted molar refractivity (Wildman–Crippen MR) is 75.6 cm³/mol. The molecule has 2 heterocycles. The highest BCUT2D eigenvalue weighted by molar-refractivity contribution is 6.10. The molecule has 20 heavy (non-hydrogen) atoms. The number of para-hydroxylation sites is 1. The van der Waals surface area contributed by atoms with Crippen LogP contribution in [0.25, 0.3) is 0 Å². The molecular weight excluding hydrogens is 257 g/mol. The number of aromatic nitrogens is 1. The summed E-state index contributed by atoms with van der Waals surface area (Å²) in [6, 6.07) is 8.99. The third kappa shape index (κ3) is 2.01. The minimum Gasteiger partial charge on any atom is -0.372 e. The fourth-order valence-electron chi connectivity index (χ4n) is 2.50. The second kappa shape index (κ2) is 4.92. The Kier molecular flexibility index (Phi) is 3.10. The Morgan fingerprint density at radius 2 is 2.20 bits per heavy atom. The number of amides is 1. The van der Waals surface area contributed by atoms with Crippen molar-refractivity contribution >= 4 is 17.4 Å². The topological polar surface area (TPSA) is 45.2 Å². The smallest absolute Gasteiger partial charge is 0.262 e. The molecule has 0 bridgehead atoms. The zero-order valence-corrected chi connectivity index (χ0v) is 11.1. The van der Waals surface area contributed by atoms with Gasteiger partial charge in [0, 0.05) is 19.3 Å². The molecule has 1 aliphatic rings. The Hall–Kier alpha value is -2.43. The van der Waals surface area contributed by atoms with E-state index >= 15 is 0 Å². The van der Waals surface area contributed by atoms with E-state index in [-0.39, 0.29) is 11.5 Å². The van der Waals surface area contributed by atoms with Crippen LogP contribution in [-0.2, 0) is 6.42 Å². The average Bonchev–Trinajstić information content (AvgIpc) is 2.90. The molecule has 4 nitrogen and oxygen atoms in total. The number of hydrogen-bond acceptors (Lipinski definition) is 3. The van der Waals surface area contributed by atoms with E-state index in [2.05, 4.69) is 10.3 Å². The summed E-state index contributed by atoms with van der Waals surface area (Å²) < 4.78 is 13.4. The molecule has 0 aliphatic carbocycles. The first kappa shape index (κ1) is 12.6. The normalized spacial score (nSPS) is 13.2. The van der Waals surface area contributed by atoms with Crippen LogP contribution in [-0.4, -0.2) is 24.5 Å². The van der Waals surface area contributed by atoms with E-state index in [1.165, 1.54) is 6.07 Å². The van der Waals surface area contributed by atoms with Gasteiger partial charge >= 0.3 is 0 Å². The van der Waals surface area contributed by atoms with Crippen LogP contribution in [0, 0.1) is 5.82 Å². The summed E-state index contributed by atoms with van der Waals surface area (Å²) in [5.74, 6) is -0.355. The second-order valence-corrected chi connectivity index (χ2v) is 4.64. The lowest BCUT2D eigenvalue weighted by atomic mass is 10.1. The number of nitrogens with zero attached hydrogens (tertiary/aromatic N) is 2. The van der Waals surface area contributed by atoms with Crippen molar-refractivity contribution in [2.75, 3.05) is 23.8 Å². The van der Waals surface area contributed by atoms with Gasteiger partial charge in [0.2, 0.25) is 0 Å². The second-order valence-electron chi connectivity index (χ2n) is 4.64. The minimum absolute atomic E-state index is 0.230. The molecule has 0 fully saturated rings. The maximum atomic E-state index is 13.4. The Bertz CT molecular complexity index is 672. The maximum Gasteiger partial charge on any atom is 0.262 e. The third-order valence-corrected chi connectivity index (χ3v) is 3.45. The van der Waals surface area contributed by atoms with Gasteiger partial charge < -0.3 is 10.2 Å². The first-order valence-electron chi connectivity index (χ1n) is 6.44. The number of pyridine rings is 1. The van der Waals surface area contributed by atoms with Crippen molar-refractivity contribution in [2.24, 2.45) is 0 Å². The molecule has 0 saturated carbocycles. The lowest BCUT2D eigenvalue weighted by molar-refractivity contribution is 0.0989. The summed E-state index contributed by atoms with van der Waals surface area (Å²) in [6.45, 7) is 0.609. The highest BCUT2D eigenvalue weighted by atomic mass is 19.1. The number of carbonyl (C=O) groups excluding carboxylic acids is 1. The molecule has 102 valence electrons. The van der Waals surface area contributed by atoms with Crippen molar-refractivity contribution in [3.8, 4) is 0 Å². The fourth-order valence-corrected chi connectivity index (χ4v) is 2.50. The van der Waals surface area contributed by atoms with Crippen molar-refractivity contribution < 1.29 is 9.18 Å². The number of halogens is 1. The van der Waals surface area contributed by atoms with Crippen molar-refractivity contribution in [3.63, 3.8) is 0 Å². The van der Waals surface area contributed by atoms with Gasteiger partial charge in [-0.3, -0.25) is 4.79 Å². The first-order valence-corrected chi connectivity index (χ1v) is 6.44. The van der Waals surface area contributed by atoms with Gasteiger partial charge in [-0.25, -0.2) is 9.37 Å². The summed E-state index contributed by atoms with van der Waals surface area (Å²) in [7, 11) is 1.66. The number of benzene rings is 1. The summed E-state index contributed by atoms with van der Waals surface area (Å²) in [4.78, 5) is 18.2. The monoisotopic (exact) mass is 271 g/mol. The largest absolute Gasteiger partial charge is 0.372 e. The van der Waals surface area contributed by atoms with Crippen molar-refractivity contribution in [2.45, 2.75) is 6.42 Å². The van der Waals surface area contributed by atoms with Crippen LogP contribution < -0.4 is 10.2 Å². The van der Waals surface area contributed by atoms with E-state index in [9.17, 15) is 9.18 Å². The van der Waals surface area contributed by atoms with Crippen LogP contribution >= 0.6 is 0 Å². The Balaban J connectivity index is 2.00. The lowest BCUT2D eigenvalue weighted by Gasteiger charge is -2.18. The summed E-state index contributed by atoms with van der Waals surface area (Å²) in [5, 5.41) is 2.83. The van der Waals surface area contributed by atoms with E-state index in [4.69, 9.17) is 0 Å². The highest BCUT2D eigenvalue weighted by Gasteiger charge is 2.27. The van der Waals surface area contributed by atoms with E-state index in [1.807, 2.05) is 24.3 Å². The Labute approximate surface area is 116 Å². The molecular formula is C15H14FN3O. The lowest BCUT2D eigenvalue weighted by Crippen LogP contribution is -2.29. The van der Waals surface area contributed by atoms with E-state index in [0.717, 1.165) is 23.9 Å². The standard InChI is InChI=1S/C15H14FN3O/c1-17-14-12(8-11(16)9-18-14)15(20)19-7-6-10-4-2-3-5-13(10)19/h2-5,8-9H,6-7H2,1H3,(H,17,18). The van der Waals surface area contributed by atoms with Gasteiger partial charge in [0.05, 0.1) is 11.8 Å². The Morgan fingerprint density at radius 3 is 3.00 bits per heavy atom. The van der Waals surface area contributed by atoms with Crippen LogP contribution in [0.1, 0.15) is 15.9 Å². The fraction of sp³-hybridized carbons (Fsp3) is 0.200. The van der Waals surface area contributed by atoms with E-state index in [0.29, 0.717) is 12.4 Å². The van der Waals surface area contributed by atoms with E-state index < -0.39 is 5.82 Å². The summed E-state index contributed by atoms with van der Waals surface area (Å²) in [6.07, 6.45) is 1.92. The van der Waals surface area contributed by atoms with Gasteiger partial charge in [-0.15, -0.1) is 0 Å². The van der Waals surface area contributed by atoms with Crippen LogP contribution in [0.2, 0.25) is 0 Å². The molecule has 2 aromatic rings. The molecule has 0 radical (unpaired) electrons. The first-order chi connectivity index (χ1) is 9.70. The molecule has 0 atom stereocenters. The minimum atomic E-state index is -0.514. The number of carbonyl (C=O) groups is 1. The number of nitrogens with one attached hydrogen (secondary N) is 1. The van der Waals surface area contributed by atoms with Gasteiger partial charge in [0.15, 0.2) is 0 Å². The van der Waals surface area contributed by atoms with Gasteiger partial charge in [0.25, 0.3) is 5.91 Å². The molecule has 1 aromatic heterocycles. The summed E-state index contributed by atoms with van der Waals surface area (Å²) >= 11 is 0. The molecule has 0 unspecified atom stereocenters. The molecule has 0 spiro atoms. The number of hydrogen-bond donors (Lipinski definition) is 1. The van der Waals surface area contributed by atoms with Crippen LogP contribution in [0.5, 0.6) is 0 Å². The van der Waals surface area contributed by atoms with Gasteiger partial charge in [-0.05, 0) is 24.1 Å². The van der Waals surface area contributed by atoms with E-state index in [1.54, 1.807) is 11.9 Å².